The number of nitrogens with two attached hydrogens (primary N) is 1. The Hall–Kier alpha value is -2.67. The number of anilines is 1. The van der Waals surface area contributed by atoms with Crippen molar-refractivity contribution >= 4 is 17.6 Å². The van der Waals surface area contributed by atoms with Gasteiger partial charge in [0.05, 0.1) is 11.9 Å². The van der Waals surface area contributed by atoms with Crippen molar-refractivity contribution in [1.82, 2.24) is 9.55 Å². The molecular weight excluding hydrogens is 260 g/mol. The SMILES string of the molecule is NCCn1cnc(C(=O)Nc2ccc(C(=O)O)cc2)c1. The minimum absolute atomic E-state index is 0.162. The Balaban J connectivity index is 2.04. The molecular formula is C13H14N4O3. The van der Waals surface area contributed by atoms with Crippen molar-refractivity contribution in [2.24, 2.45) is 5.73 Å². The summed E-state index contributed by atoms with van der Waals surface area (Å²) in [7, 11) is 0. The number of aromatic carboxylic acids is 1. The maximum Gasteiger partial charge on any atom is 0.335 e. The van der Waals surface area contributed by atoms with Crippen molar-refractivity contribution in [1.29, 1.82) is 0 Å². The van der Waals surface area contributed by atoms with Gasteiger partial charge in [0.25, 0.3) is 5.91 Å². The number of rotatable bonds is 5. The van der Waals surface area contributed by atoms with Gasteiger partial charge in [0.15, 0.2) is 0 Å². The number of carbonyl (C=O) groups excluding carboxylic acids is 1. The quantitative estimate of drug-likeness (QED) is 0.746. The van der Waals surface area contributed by atoms with E-state index in [-0.39, 0.29) is 17.2 Å². The summed E-state index contributed by atoms with van der Waals surface area (Å²) in [6.45, 7) is 1.06. The molecule has 0 atom stereocenters. The fourth-order valence-corrected chi connectivity index (χ4v) is 1.64. The standard InChI is InChI=1S/C13H14N4O3/c14-5-6-17-7-11(15-8-17)12(18)16-10-3-1-9(2-4-10)13(19)20/h1-4,7-8H,5-6,14H2,(H,16,18)(H,19,20). The van der Waals surface area contributed by atoms with E-state index in [2.05, 4.69) is 10.3 Å². The molecule has 1 heterocycles. The number of carbonyl (C=O) groups is 2. The number of carboxylic acids is 1. The Morgan fingerprint density at radius 2 is 2.00 bits per heavy atom. The van der Waals surface area contributed by atoms with Gasteiger partial charge in [-0.15, -0.1) is 0 Å². The van der Waals surface area contributed by atoms with Crippen LogP contribution in [0.4, 0.5) is 5.69 Å². The molecule has 7 heteroatoms. The van der Waals surface area contributed by atoms with Crippen LogP contribution in [0, 0.1) is 0 Å². The van der Waals surface area contributed by atoms with E-state index in [0.717, 1.165) is 0 Å². The fourth-order valence-electron chi connectivity index (χ4n) is 1.64. The van der Waals surface area contributed by atoms with E-state index in [1.54, 1.807) is 10.8 Å². The molecule has 0 radical (unpaired) electrons. The summed E-state index contributed by atoms with van der Waals surface area (Å²) in [5, 5.41) is 11.4. The molecule has 0 aliphatic carbocycles. The number of benzene rings is 1. The van der Waals surface area contributed by atoms with E-state index in [1.807, 2.05) is 0 Å². The molecule has 0 unspecified atom stereocenters. The Kier molecular flexibility index (Phi) is 4.11. The molecule has 7 nitrogen and oxygen atoms in total. The Bertz CT molecular complexity index is 619. The number of amides is 1. The van der Waals surface area contributed by atoms with Crippen LogP contribution in [0.2, 0.25) is 0 Å². The smallest absolute Gasteiger partial charge is 0.335 e. The molecule has 0 saturated carbocycles. The molecule has 0 fully saturated rings. The van der Waals surface area contributed by atoms with Gasteiger partial charge in [0, 0.05) is 25.0 Å². The van der Waals surface area contributed by atoms with E-state index in [0.29, 0.717) is 18.8 Å². The molecule has 1 aromatic carbocycles. The third kappa shape index (κ3) is 3.21. The largest absolute Gasteiger partial charge is 0.478 e. The Morgan fingerprint density at radius 3 is 2.60 bits per heavy atom. The van der Waals surface area contributed by atoms with E-state index in [9.17, 15) is 9.59 Å². The second-order valence-corrected chi connectivity index (χ2v) is 4.12. The number of hydrogen-bond acceptors (Lipinski definition) is 4. The van der Waals surface area contributed by atoms with Crippen LogP contribution in [0.3, 0.4) is 0 Å². The van der Waals surface area contributed by atoms with Crippen LogP contribution in [-0.2, 0) is 6.54 Å². The van der Waals surface area contributed by atoms with E-state index >= 15 is 0 Å². The van der Waals surface area contributed by atoms with Crippen molar-refractivity contribution in [2.75, 3.05) is 11.9 Å². The van der Waals surface area contributed by atoms with Crippen molar-refractivity contribution in [3.8, 4) is 0 Å². The van der Waals surface area contributed by atoms with Crippen molar-refractivity contribution in [3.05, 3.63) is 48.0 Å². The van der Waals surface area contributed by atoms with Gasteiger partial charge < -0.3 is 20.7 Å². The van der Waals surface area contributed by atoms with Crippen LogP contribution in [0.25, 0.3) is 0 Å². The van der Waals surface area contributed by atoms with E-state index < -0.39 is 5.97 Å². The predicted octanol–water partition coefficient (Wildman–Crippen LogP) is 0.792. The molecule has 0 aliphatic heterocycles. The van der Waals surface area contributed by atoms with Gasteiger partial charge in [-0.1, -0.05) is 0 Å². The molecule has 2 aromatic rings. The highest BCUT2D eigenvalue weighted by molar-refractivity contribution is 6.02. The lowest BCUT2D eigenvalue weighted by molar-refractivity contribution is 0.0696. The monoisotopic (exact) mass is 274 g/mol. The average molecular weight is 274 g/mol. The van der Waals surface area contributed by atoms with Crippen LogP contribution < -0.4 is 11.1 Å². The topological polar surface area (TPSA) is 110 Å². The van der Waals surface area contributed by atoms with Crippen LogP contribution in [-0.4, -0.2) is 33.1 Å². The molecule has 20 heavy (non-hydrogen) atoms. The van der Waals surface area contributed by atoms with Gasteiger partial charge >= 0.3 is 5.97 Å². The first-order valence-corrected chi connectivity index (χ1v) is 5.96. The highest BCUT2D eigenvalue weighted by Crippen LogP contribution is 2.11. The zero-order valence-electron chi connectivity index (χ0n) is 10.6. The molecule has 104 valence electrons. The molecule has 1 aromatic heterocycles. The summed E-state index contributed by atoms with van der Waals surface area (Å²) in [6, 6.07) is 5.90. The molecule has 0 spiro atoms. The first kappa shape index (κ1) is 13.8. The zero-order valence-corrected chi connectivity index (χ0v) is 10.6. The number of nitrogens with one attached hydrogen (secondary N) is 1. The molecule has 1 amide bonds. The van der Waals surface area contributed by atoms with Crippen LogP contribution in [0.1, 0.15) is 20.8 Å². The number of aromatic nitrogens is 2. The summed E-state index contributed by atoms with van der Waals surface area (Å²) in [6.07, 6.45) is 3.14. The third-order valence-electron chi connectivity index (χ3n) is 2.64. The van der Waals surface area contributed by atoms with Gasteiger partial charge in [-0.25, -0.2) is 9.78 Å². The molecule has 0 aliphatic rings. The first-order valence-electron chi connectivity index (χ1n) is 5.96. The first-order chi connectivity index (χ1) is 9.60. The summed E-state index contributed by atoms with van der Waals surface area (Å²) in [5.74, 6) is -1.37. The van der Waals surface area contributed by atoms with Gasteiger partial charge in [-0.2, -0.15) is 0 Å². The lowest BCUT2D eigenvalue weighted by Crippen LogP contribution is -2.13. The molecule has 2 rings (SSSR count). The third-order valence-corrected chi connectivity index (χ3v) is 2.64. The van der Waals surface area contributed by atoms with Crippen molar-refractivity contribution < 1.29 is 14.7 Å². The Labute approximate surface area is 115 Å². The normalized spacial score (nSPS) is 10.2. The van der Waals surface area contributed by atoms with Crippen LogP contribution in [0.15, 0.2) is 36.8 Å². The lowest BCUT2D eigenvalue weighted by Gasteiger charge is -2.03. The van der Waals surface area contributed by atoms with Crippen LogP contribution in [0.5, 0.6) is 0 Å². The van der Waals surface area contributed by atoms with Gasteiger partial charge in [-0.3, -0.25) is 4.79 Å². The lowest BCUT2D eigenvalue weighted by atomic mass is 10.2. The van der Waals surface area contributed by atoms with E-state index in [1.165, 1.54) is 30.6 Å². The summed E-state index contributed by atoms with van der Waals surface area (Å²) in [4.78, 5) is 26.6. The summed E-state index contributed by atoms with van der Waals surface area (Å²) < 4.78 is 1.72. The number of imidazole rings is 1. The Morgan fingerprint density at radius 1 is 1.30 bits per heavy atom. The van der Waals surface area contributed by atoms with Crippen molar-refractivity contribution in [3.63, 3.8) is 0 Å². The highest BCUT2D eigenvalue weighted by Gasteiger charge is 2.10. The predicted molar refractivity (Wildman–Crippen MR) is 72.6 cm³/mol. The number of hydrogen-bond donors (Lipinski definition) is 3. The second kappa shape index (κ2) is 5.98. The number of carboxylic acid groups (broad SMARTS) is 1. The maximum atomic E-state index is 11.9. The molecule has 0 bridgehead atoms. The van der Waals surface area contributed by atoms with E-state index in [4.69, 9.17) is 10.8 Å². The molecule has 0 saturated heterocycles. The minimum Gasteiger partial charge on any atom is -0.478 e. The number of nitrogens with zero attached hydrogens (tertiary/aromatic N) is 2. The second-order valence-electron chi connectivity index (χ2n) is 4.12. The van der Waals surface area contributed by atoms with Gasteiger partial charge in [-0.05, 0) is 24.3 Å². The van der Waals surface area contributed by atoms with Crippen molar-refractivity contribution in [2.45, 2.75) is 6.54 Å². The zero-order chi connectivity index (χ0) is 14.5. The highest BCUT2D eigenvalue weighted by atomic mass is 16.4. The molecule has 4 N–H and O–H groups in total. The fraction of sp³-hybridized carbons (Fsp3) is 0.154. The summed E-state index contributed by atoms with van der Waals surface area (Å²) >= 11 is 0. The van der Waals surface area contributed by atoms with Gasteiger partial charge in [0.1, 0.15) is 5.69 Å². The average Bonchev–Trinajstić information content (AvgIpc) is 2.88. The maximum absolute atomic E-state index is 11.9. The van der Waals surface area contributed by atoms with Gasteiger partial charge in [0.2, 0.25) is 0 Å². The summed E-state index contributed by atoms with van der Waals surface area (Å²) in [5.41, 5.74) is 6.36. The minimum atomic E-state index is -1.01. The van der Waals surface area contributed by atoms with Crippen LogP contribution >= 0.6 is 0 Å².